The molecular formula is C11H18N2O3. The van der Waals surface area contributed by atoms with E-state index in [9.17, 15) is 9.59 Å². The van der Waals surface area contributed by atoms with Gasteiger partial charge in [0.15, 0.2) is 0 Å². The van der Waals surface area contributed by atoms with Crippen molar-refractivity contribution >= 4 is 11.9 Å². The normalized spacial score (nSPS) is 22.8. The molecule has 1 amide bonds. The summed E-state index contributed by atoms with van der Waals surface area (Å²) in [5.74, 6) is -0.455. The summed E-state index contributed by atoms with van der Waals surface area (Å²) in [5, 5.41) is 2.94. The second-order valence-electron chi connectivity index (χ2n) is 3.74. The van der Waals surface area contributed by atoms with Gasteiger partial charge in [-0.2, -0.15) is 0 Å². The first-order valence-corrected chi connectivity index (χ1v) is 5.32. The van der Waals surface area contributed by atoms with E-state index in [4.69, 9.17) is 0 Å². The molecule has 16 heavy (non-hydrogen) atoms. The third-order valence-corrected chi connectivity index (χ3v) is 2.78. The molecule has 5 heteroatoms. The first-order chi connectivity index (χ1) is 7.61. The fraction of sp³-hybridized carbons (Fsp3) is 0.636. The summed E-state index contributed by atoms with van der Waals surface area (Å²) in [7, 11) is 3.06. The van der Waals surface area contributed by atoms with Crippen LogP contribution in [0.15, 0.2) is 12.2 Å². The maximum Gasteiger partial charge on any atom is 0.328 e. The number of likely N-dealkylation sites (N-methyl/N-ethyl adjacent to an activating group) is 1. The molecule has 0 saturated heterocycles. The minimum absolute atomic E-state index is 0.0644. The molecule has 5 nitrogen and oxygen atoms in total. The van der Waals surface area contributed by atoms with Crippen LogP contribution in [0.5, 0.6) is 0 Å². The largest absolute Gasteiger partial charge is 0.467 e. The van der Waals surface area contributed by atoms with Crippen molar-refractivity contribution in [1.82, 2.24) is 10.2 Å². The zero-order valence-electron chi connectivity index (χ0n) is 9.90. The van der Waals surface area contributed by atoms with Gasteiger partial charge in [-0.3, -0.25) is 4.79 Å². The topological polar surface area (TPSA) is 58.6 Å². The molecule has 0 bridgehead atoms. The van der Waals surface area contributed by atoms with Gasteiger partial charge in [0.05, 0.1) is 13.2 Å². The lowest BCUT2D eigenvalue weighted by Crippen LogP contribution is -2.50. The Morgan fingerprint density at radius 3 is 2.88 bits per heavy atom. The van der Waals surface area contributed by atoms with E-state index in [0.717, 1.165) is 0 Å². The van der Waals surface area contributed by atoms with Gasteiger partial charge in [-0.25, -0.2) is 4.79 Å². The molecule has 1 rings (SSSR count). The Morgan fingerprint density at radius 1 is 1.62 bits per heavy atom. The molecule has 90 valence electrons. The van der Waals surface area contributed by atoms with Gasteiger partial charge in [-0.15, -0.1) is 0 Å². The number of methoxy groups -OCH3 is 1. The molecule has 1 aliphatic rings. The molecule has 0 aromatic carbocycles. The average molecular weight is 226 g/mol. The Hall–Kier alpha value is -1.36. The fourth-order valence-corrected chi connectivity index (χ4v) is 1.70. The number of hydrogen-bond donors (Lipinski definition) is 1. The Labute approximate surface area is 95.4 Å². The second-order valence-corrected chi connectivity index (χ2v) is 3.74. The predicted molar refractivity (Wildman–Crippen MR) is 59.8 cm³/mol. The van der Waals surface area contributed by atoms with Crippen LogP contribution >= 0.6 is 0 Å². The van der Waals surface area contributed by atoms with Crippen molar-refractivity contribution < 1.29 is 14.3 Å². The van der Waals surface area contributed by atoms with E-state index in [1.54, 1.807) is 14.0 Å². The Morgan fingerprint density at radius 2 is 2.31 bits per heavy atom. The van der Waals surface area contributed by atoms with E-state index < -0.39 is 12.0 Å². The van der Waals surface area contributed by atoms with Gasteiger partial charge in [-0.05, 0) is 20.4 Å². The van der Waals surface area contributed by atoms with Crippen molar-refractivity contribution in [3.63, 3.8) is 0 Å². The standard InChI is InChI=1S/C11H18N2O3/c1-8(11(15)16-3)13-7-5-4-6-9(12-2)10(13)14/h4-5,8-9,12H,6-7H2,1-3H3/t8?,9-/m0/s1. The van der Waals surface area contributed by atoms with E-state index >= 15 is 0 Å². The van der Waals surface area contributed by atoms with Gasteiger partial charge < -0.3 is 15.0 Å². The zero-order chi connectivity index (χ0) is 12.1. The number of nitrogens with one attached hydrogen (secondary N) is 1. The smallest absolute Gasteiger partial charge is 0.328 e. The van der Waals surface area contributed by atoms with E-state index in [1.165, 1.54) is 12.0 Å². The van der Waals surface area contributed by atoms with E-state index in [1.807, 2.05) is 12.2 Å². The molecule has 0 aliphatic carbocycles. The molecule has 1 heterocycles. The maximum atomic E-state index is 12.1. The lowest BCUT2D eigenvalue weighted by molar-refractivity contribution is -0.152. The third-order valence-electron chi connectivity index (χ3n) is 2.78. The number of nitrogens with zero attached hydrogens (tertiary/aromatic N) is 1. The van der Waals surface area contributed by atoms with Crippen molar-refractivity contribution in [2.24, 2.45) is 0 Å². The van der Waals surface area contributed by atoms with Crippen LogP contribution in [0.3, 0.4) is 0 Å². The number of rotatable bonds is 3. The van der Waals surface area contributed by atoms with Crippen molar-refractivity contribution in [3.8, 4) is 0 Å². The Balaban J connectivity index is 2.81. The molecular weight excluding hydrogens is 208 g/mol. The maximum absolute atomic E-state index is 12.1. The number of carbonyl (C=O) groups is 2. The molecule has 2 atom stereocenters. The second kappa shape index (κ2) is 5.65. The SMILES string of the molecule is CN[C@H]1CC=CCN(C(C)C(=O)OC)C1=O. The quantitative estimate of drug-likeness (QED) is 0.540. The summed E-state index contributed by atoms with van der Waals surface area (Å²) in [4.78, 5) is 25.0. The number of carbonyl (C=O) groups excluding carboxylic acids is 2. The molecule has 0 saturated carbocycles. The van der Waals surface area contributed by atoms with Crippen LogP contribution in [0.2, 0.25) is 0 Å². The molecule has 0 aromatic rings. The third kappa shape index (κ3) is 2.61. The summed E-state index contributed by atoms with van der Waals surface area (Å²) >= 11 is 0. The highest BCUT2D eigenvalue weighted by molar-refractivity contribution is 5.88. The van der Waals surface area contributed by atoms with Gasteiger partial charge in [0.2, 0.25) is 5.91 Å². The van der Waals surface area contributed by atoms with Crippen LogP contribution in [0.25, 0.3) is 0 Å². The number of hydrogen-bond acceptors (Lipinski definition) is 4. The molecule has 0 radical (unpaired) electrons. The van der Waals surface area contributed by atoms with E-state index in [2.05, 4.69) is 10.1 Å². The summed E-state index contributed by atoms with van der Waals surface area (Å²) in [6, 6.07) is -0.804. The molecule has 0 aromatic heterocycles. The number of amides is 1. The van der Waals surface area contributed by atoms with Gasteiger partial charge in [0, 0.05) is 6.54 Å². The van der Waals surface area contributed by atoms with Crippen LogP contribution in [0.4, 0.5) is 0 Å². The van der Waals surface area contributed by atoms with Crippen molar-refractivity contribution in [1.29, 1.82) is 0 Å². The number of ether oxygens (including phenoxy) is 1. The van der Waals surface area contributed by atoms with Gasteiger partial charge >= 0.3 is 5.97 Å². The summed E-state index contributed by atoms with van der Waals surface area (Å²) in [5.41, 5.74) is 0. The molecule has 1 unspecified atom stereocenters. The van der Waals surface area contributed by atoms with Gasteiger partial charge in [0.1, 0.15) is 6.04 Å². The van der Waals surface area contributed by atoms with E-state index in [-0.39, 0.29) is 11.9 Å². The highest BCUT2D eigenvalue weighted by atomic mass is 16.5. The minimum atomic E-state index is -0.545. The van der Waals surface area contributed by atoms with Crippen molar-refractivity contribution in [2.45, 2.75) is 25.4 Å². The molecule has 0 spiro atoms. The summed E-state index contributed by atoms with van der Waals surface area (Å²) < 4.78 is 4.65. The predicted octanol–water partition coefficient (Wildman–Crippen LogP) is -0.0756. The lowest BCUT2D eigenvalue weighted by atomic mass is 10.1. The highest BCUT2D eigenvalue weighted by Crippen LogP contribution is 2.10. The summed E-state index contributed by atoms with van der Waals surface area (Å²) in [6.45, 7) is 2.13. The molecule has 1 aliphatic heterocycles. The van der Waals surface area contributed by atoms with Gasteiger partial charge in [0.25, 0.3) is 0 Å². The van der Waals surface area contributed by atoms with Crippen LogP contribution < -0.4 is 5.32 Å². The molecule has 1 N–H and O–H groups in total. The van der Waals surface area contributed by atoms with Crippen LogP contribution in [0.1, 0.15) is 13.3 Å². The minimum Gasteiger partial charge on any atom is -0.467 e. The Kier molecular flexibility index (Phi) is 4.49. The zero-order valence-corrected chi connectivity index (χ0v) is 9.90. The van der Waals surface area contributed by atoms with Crippen molar-refractivity contribution in [3.05, 3.63) is 12.2 Å². The fourth-order valence-electron chi connectivity index (χ4n) is 1.70. The Bertz CT molecular complexity index is 302. The average Bonchev–Trinajstić information content (AvgIpc) is 2.49. The first-order valence-electron chi connectivity index (χ1n) is 5.32. The summed E-state index contributed by atoms with van der Waals surface area (Å²) in [6.07, 6.45) is 4.50. The lowest BCUT2D eigenvalue weighted by Gasteiger charge is -2.28. The van der Waals surface area contributed by atoms with Crippen LogP contribution in [-0.4, -0.2) is 49.6 Å². The van der Waals surface area contributed by atoms with Gasteiger partial charge in [-0.1, -0.05) is 12.2 Å². The van der Waals surface area contributed by atoms with E-state index in [0.29, 0.717) is 13.0 Å². The number of esters is 1. The monoisotopic (exact) mass is 226 g/mol. The van der Waals surface area contributed by atoms with Crippen molar-refractivity contribution in [2.75, 3.05) is 20.7 Å². The highest BCUT2D eigenvalue weighted by Gasteiger charge is 2.30. The van der Waals surface area contributed by atoms with Crippen LogP contribution in [-0.2, 0) is 14.3 Å². The van der Waals surface area contributed by atoms with Crippen LogP contribution in [0, 0.1) is 0 Å². The molecule has 0 fully saturated rings. The first kappa shape index (κ1) is 12.7.